The number of rotatable bonds is 8. The average Bonchev–Trinajstić information content (AvgIpc) is 3.58. The molecule has 30 heavy (non-hydrogen) atoms. The van der Waals surface area contributed by atoms with E-state index in [9.17, 15) is 14.9 Å². The fourth-order valence-corrected chi connectivity index (χ4v) is 3.06. The smallest absolute Gasteiger partial charge is 0.315 e. The number of carbonyl (C=O) groups excluding carboxylic acids is 1. The van der Waals surface area contributed by atoms with Gasteiger partial charge in [0.25, 0.3) is 5.69 Å². The van der Waals surface area contributed by atoms with Crippen LogP contribution in [-0.2, 0) is 16.1 Å². The Morgan fingerprint density at radius 3 is 2.30 bits per heavy atom. The van der Waals surface area contributed by atoms with Gasteiger partial charge in [-0.3, -0.25) is 14.9 Å². The van der Waals surface area contributed by atoms with E-state index >= 15 is 0 Å². The molecule has 1 fully saturated rings. The molecule has 7 heteroatoms. The van der Waals surface area contributed by atoms with Crippen LogP contribution in [0.25, 0.3) is 11.1 Å². The van der Waals surface area contributed by atoms with E-state index in [4.69, 9.17) is 9.47 Å². The molecule has 2 aromatic carbocycles. The van der Waals surface area contributed by atoms with E-state index < -0.39 is 10.3 Å². The molecular weight excluding hydrogens is 384 g/mol. The van der Waals surface area contributed by atoms with Gasteiger partial charge < -0.3 is 9.47 Å². The van der Waals surface area contributed by atoms with Crippen LogP contribution in [0.3, 0.4) is 0 Å². The van der Waals surface area contributed by atoms with Crippen molar-refractivity contribution in [2.75, 3.05) is 6.61 Å². The summed E-state index contributed by atoms with van der Waals surface area (Å²) in [7, 11) is 0. The Morgan fingerprint density at radius 1 is 1.00 bits per heavy atom. The zero-order chi connectivity index (χ0) is 21.0. The van der Waals surface area contributed by atoms with Crippen LogP contribution in [0.4, 0.5) is 5.69 Å². The fourth-order valence-electron chi connectivity index (χ4n) is 3.06. The molecule has 1 aromatic heterocycles. The van der Waals surface area contributed by atoms with E-state index in [1.807, 2.05) is 36.4 Å². The number of nitro groups is 1. The molecule has 4 rings (SSSR count). The van der Waals surface area contributed by atoms with Crippen molar-refractivity contribution in [3.05, 3.63) is 88.6 Å². The first-order valence-corrected chi connectivity index (χ1v) is 9.61. The van der Waals surface area contributed by atoms with Gasteiger partial charge in [0.15, 0.2) is 0 Å². The summed E-state index contributed by atoms with van der Waals surface area (Å²) in [5.41, 5.74) is 2.04. The van der Waals surface area contributed by atoms with Crippen molar-refractivity contribution in [3.63, 3.8) is 0 Å². The number of esters is 1. The quantitative estimate of drug-likeness (QED) is 0.310. The SMILES string of the molecule is O=C(OCc1ccccc1)C1(COc2ccc(-c3ccc([N+](=O)[O-])cc3)cn2)CC1. The summed E-state index contributed by atoms with van der Waals surface area (Å²) in [6.07, 6.45) is 3.12. The lowest BCUT2D eigenvalue weighted by molar-refractivity contribution is -0.384. The highest BCUT2D eigenvalue weighted by molar-refractivity contribution is 5.80. The summed E-state index contributed by atoms with van der Waals surface area (Å²) < 4.78 is 11.2. The molecule has 0 atom stereocenters. The maximum absolute atomic E-state index is 12.5. The zero-order valence-corrected chi connectivity index (χ0v) is 16.2. The van der Waals surface area contributed by atoms with Gasteiger partial charge in [-0.05, 0) is 42.2 Å². The first-order valence-electron chi connectivity index (χ1n) is 9.61. The predicted molar refractivity (Wildman–Crippen MR) is 110 cm³/mol. The minimum Gasteiger partial charge on any atom is -0.476 e. The van der Waals surface area contributed by atoms with Gasteiger partial charge in [-0.1, -0.05) is 30.3 Å². The van der Waals surface area contributed by atoms with Crippen LogP contribution in [0.5, 0.6) is 5.88 Å². The van der Waals surface area contributed by atoms with Crippen molar-refractivity contribution in [3.8, 4) is 17.0 Å². The average molecular weight is 404 g/mol. The number of nitro benzene ring substituents is 1. The highest BCUT2D eigenvalue weighted by Gasteiger charge is 2.52. The molecule has 7 nitrogen and oxygen atoms in total. The molecule has 0 spiro atoms. The lowest BCUT2D eigenvalue weighted by Gasteiger charge is -2.15. The second kappa shape index (κ2) is 8.32. The number of hydrogen-bond acceptors (Lipinski definition) is 6. The van der Waals surface area contributed by atoms with E-state index in [-0.39, 0.29) is 24.9 Å². The number of pyridine rings is 1. The van der Waals surface area contributed by atoms with Gasteiger partial charge in [0.05, 0.1) is 4.92 Å². The zero-order valence-electron chi connectivity index (χ0n) is 16.2. The summed E-state index contributed by atoms with van der Waals surface area (Å²) in [6.45, 7) is 0.480. The maximum Gasteiger partial charge on any atom is 0.315 e. The van der Waals surface area contributed by atoms with E-state index in [2.05, 4.69) is 4.98 Å². The number of non-ortho nitro benzene ring substituents is 1. The monoisotopic (exact) mass is 404 g/mol. The molecule has 1 aliphatic rings. The molecule has 0 amide bonds. The molecule has 0 radical (unpaired) electrons. The van der Waals surface area contributed by atoms with Crippen LogP contribution in [0, 0.1) is 15.5 Å². The Balaban J connectivity index is 1.32. The fraction of sp³-hybridized carbons (Fsp3) is 0.217. The molecule has 1 saturated carbocycles. The Morgan fingerprint density at radius 2 is 1.70 bits per heavy atom. The largest absolute Gasteiger partial charge is 0.476 e. The van der Waals surface area contributed by atoms with Gasteiger partial charge in [0.2, 0.25) is 5.88 Å². The van der Waals surface area contributed by atoms with Gasteiger partial charge in [-0.25, -0.2) is 4.98 Å². The molecule has 0 saturated heterocycles. The van der Waals surface area contributed by atoms with Crippen LogP contribution < -0.4 is 4.74 Å². The number of carbonyl (C=O) groups is 1. The lowest BCUT2D eigenvalue weighted by Crippen LogP contribution is -2.25. The van der Waals surface area contributed by atoms with Gasteiger partial charge in [0.1, 0.15) is 18.6 Å². The van der Waals surface area contributed by atoms with E-state index in [1.54, 1.807) is 24.4 Å². The normalized spacial score (nSPS) is 14.0. The predicted octanol–water partition coefficient (Wildman–Crippen LogP) is 4.56. The standard InChI is InChI=1S/C23H20N2O5/c26-22(29-15-17-4-2-1-3-5-17)23(12-13-23)16-30-21-11-8-19(14-24-21)18-6-9-20(10-7-18)25(27)28/h1-11,14H,12-13,15-16H2. The Hall–Kier alpha value is -3.74. The molecule has 0 N–H and O–H groups in total. The molecule has 1 heterocycles. The van der Waals surface area contributed by atoms with Crippen LogP contribution in [0.1, 0.15) is 18.4 Å². The summed E-state index contributed by atoms with van der Waals surface area (Å²) in [5, 5.41) is 10.8. The highest BCUT2D eigenvalue weighted by atomic mass is 16.6. The third-order valence-corrected chi connectivity index (χ3v) is 5.14. The van der Waals surface area contributed by atoms with Gasteiger partial charge >= 0.3 is 5.97 Å². The van der Waals surface area contributed by atoms with Gasteiger partial charge in [-0.2, -0.15) is 0 Å². The first kappa shape index (κ1) is 19.6. The van der Waals surface area contributed by atoms with Crippen LogP contribution >= 0.6 is 0 Å². The minimum atomic E-state index is -0.590. The number of ether oxygens (including phenoxy) is 2. The molecule has 1 aliphatic carbocycles. The summed E-state index contributed by atoms with van der Waals surface area (Å²) in [6, 6.07) is 19.4. The third kappa shape index (κ3) is 4.46. The summed E-state index contributed by atoms with van der Waals surface area (Å²) in [5.74, 6) is 0.177. The number of hydrogen-bond donors (Lipinski definition) is 0. The van der Waals surface area contributed by atoms with Crippen LogP contribution in [0.2, 0.25) is 0 Å². The van der Waals surface area contributed by atoms with Crippen molar-refractivity contribution in [1.82, 2.24) is 4.98 Å². The number of aromatic nitrogens is 1. The topological polar surface area (TPSA) is 91.6 Å². The van der Waals surface area contributed by atoms with Crippen molar-refractivity contribution >= 4 is 11.7 Å². The highest BCUT2D eigenvalue weighted by Crippen LogP contribution is 2.47. The summed E-state index contributed by atoms with van der Waals surface area (Å²) >= 11 is 0. The van der Waals surface area contributed by atoms with Crippen molar-refractivity contribution in [1.29, 1.82) is 0 Å². The maximum atomic E-state index is 12.5. The van der Waals surface area contributed by atoms with Crippen LogP contribution in [-0.4, -0.2) is 22.5 Å². The van der Waals surface area contributed by atoms with E-state index in [0.717, 1.165) is 29.5 Å². The lowest BCUT2D eigenvalue weighted by atomic mass is 10.1. The van der Waals surface area contributed by atoms with Crippen molar-refractivity contribution in [2.24, 2.45) is 5.41 Å². The molecule has 152 valence electrons. The first-order chi connectivity index (χ1) is 14.6. The number of benzene rings is 2. The summed E-state index contributed by atoms with van der Waals surface area (Å²) in [4.78, 5) is 27.1. The van der Waals surface area contributed by atoms with Gasteiger partial charge in [-0.15, -0.1) is 0 Å². The second-order valence-corrected chi connectivity index (χ2v) is 7.32. The second-order valence-electron chi connectivity index (χ2n) is 7.32. The molecule has 0 aliphatic heterocycles. The molecule has 0 bridgehead atoms. The third-order valence-electron chi connectivity index (χ3n) is 5.14. The van der Waals surface area contributed by atoms with E-state index in [0.29, 0.717) is 5.88 Å². The van der Waals surface area contributed by atoms with Crippen LogP contribution in [0.15, 0.2) is 72.9 Å². The Kier molecular flexibility index (Phi) is 5.43. The number of nitrogens with zero attached hydrogens (tertiary/aromatic N) is 2. The molecule has 3 aromatic rings. The Bertz CT molecular complexity index is 1030. The van der Waals surface area contributed by atoms with Crippen molar-refractivity contribution in [2.45, 2.75) is 19.4 Å². The minimum absolute atomic E-state index is 0.0422. The van der Waals surface area contributed by atoms with E-state index in [1.165, 1.54) is 12.1 Å². The Labute approximate surface area is 173 Å². The van der Waals surface area contributed by atoms with Crippen molar-refractivity contribution < 1.29 is 19.2 Å². The molecular formula is C23H20N2O5. The molecule has 0 unspecified atom stereocenters. The van der Waals surface area contributed by atoms with Gasteiger partial charge in [0, 0.05) is 30.0 Å².